The fraction of sp³-hybridized carbons (Fsp3) is 0.500. The Labute approximate surface area is 90.3 Å². The maximum atomic E-state index is 9.66. The normalized spacial score (nSPS) is 10.3. The smallest absolute Gasteiger partial charge is 0.163 e. The molecule has 0 bridgehead atoms. The Balaban J connectivity index is 2.53. The number of hydrogen-bond acceptors (Lipinski definition) is 3. The molecule has 0 spiro atoms. The van der Waals surface area contributed by atoms with Crippen LogP contribution < -0.4 is 4.74 Å². The van der Waals surface area contributed by atoms with Gasteiger partial charge in [0.05, 0.1) is 13.2 Å². The second-order valence-electron chi connectivity index (χ2n) is 3.48. The van der Waals surface area contributed by atoms with E-state index in [0.29, 0.717) is 17.9 Å². The lowest BCUT2D eigenvalue weighted by Gasteiger charge is -2.09. The first-order valence-electron chi connectivity index (χ1n) is 5.34. The first-order chi connectivity index (χ1) is 7.29. The molecule has 0 saturated carbocycles. The van der Waals surface area contributed by atoms with Gasteiger partial charge in [0.1, 0.15) is 0 Å². The van der Waals surface area contributed by atoms with Crippen LogP contribution >= 0.6 is 0 Å². The zero-order valence-electron chi connectivity index (χ0n) is 9.07. The first kappa shape index (κ1) is 11.9. The van der Waals surface area contributed by atoms with E-state index in [-0.39, 0.29) is 12.4 Å². The fourth-order valence-electron chi connectivity index (χ4n) is 1.35. The van der Waals surface area contributed by atoms with E-state index in [1.165, 1.54) is 0 Å². The molecule has 1 aromatic carbocycles. The zero-order chi connectivity index (χ0) is 11.1. The fourth-order valence-corrected chi connectivity index (χ4v) is 1.35. The summed E-state index contributed by atoms with van der Waals surface area (Å²) in [5, 5.41) is 18.6. The molecule has 0 fully saturated rings. The Bertz CT molecular complexity index is 297. The Morgan fingerprint density at radius 2 is 2.07 bits per heavy atom. The van der Waals surface area contributed by atoms with Crippen LogP contribution in [0.15, 0.2) is 18.2 Å². The zero-order valence-corrected chi connectivity index (χ0v) is 9.07. The molecule has 1 aromatic rings. The van der Waals surface area contributed by atoms with Crippen LogP contribution in [-0.4, -0.2) is 16.8 Å². The predicted octanol–water partition coefficient (Wildman–Crippen LogP) is 2.45. The van der Waals surface area contributed by atoms with Gasteiger partial charge in [-0.2, -0.15) is 0 Å². The average Bonchev–Trinajstić information content (AvgIpc) is 2.26. The van der Waals surface area contributed by atoms with Crippen LogP contribution in [-0.2, 0) is 6.61 Å². The van der Waals surface area contributed by atoms with E-state index in [9.17, 15) is 5.11 Å². The molecular weight excluding hydrogens is 192 g/mol. The average molecular weight is 210 g/mol. The summed E-state index contributed by atoms with van der Waals surface area (Å²) in [5.74, 6) is 0.508. The maximum absolute atomic E-state index is 9.66. The van der Waals surface area contributed by atoms with Crippen LogP contribution in [0.1, 0.15) is 31.7 Å². The molecule has 15 heavy (non-hydrogen) atoms. The van der Waals surface area contributed by atoms with Crippen LogP contribution in [0.2, 0.25) is 0 Å². The number of rotatable bonds is 6. The van der Waals surface area contributed by atoms with Crippen molar-refractivity contribution in [3.63, 3.8) is 0 Å². The van der Waals surface area contributed by atoms with Gasteiger partial charge in [-0.05, 0) is 12.5 Å². The molecule has 0 aliphatic carbocycles. The maximum Gasteiger partial charge on any atom is 0.163 e. The number of ether oxygens (including phenoxy) is 1. The molecule has 0 aliphatic rings. The Morgan fingerprint density at radius 1 is 1.27 bits per heavy atom. The van der Waals surface area contributed by atoms with Crippen LogP contribution in [0.3, 0.4) is 0 Å². The monoisotopic (exact) mass is 210 g/mol. The molecule has 84 valence electrons. The Kier molecular flexibility index (Phi) is 4.98. The number of aliphatic hydroxyl groups excluding tert-OH is 1. The van der Waals surface area contributed by atoms with Gasteiger partial charge in [-0.15, -0.1) is 0 Å². The van der Waals surface area contributed by atoms with Gasteiger partial charge in [-0.25, -0.2) is 0 Å². The molecule has 0 aromatic heterocycles. The van der Waals surface area contributed by atoms with Gasteiger partial charge in [0, 0.05) is 5.56 Å². The summed E-state index contributed by atoms with van der Waals surface area (Å²) in [6.45, 7) is 2.57. The van der Waals surface area contributed by atoms with Crippen molar-refractivity contribution >= 4 is 0 Å². The van der Waals surface area contributed by atoms with Gasteiger partial charge in [0.15, 0.2) is 11.5 Å². The number of benzene rings is 1. The summed E-state index contributed by atoms with van der Waals surface area (Å²) in [5.41, 5.74) is 0.503. The minimum Gasteiger partial charge on any atom is -0.504 e. The van der Waals surface area contributed by atoms with Crippen molar-refractivity contribution in [1.29, 1.82) is 0 Å². The predicted molar refractivity (Wildman–Crippen MR) is 59.0 cm³/mol. The molecule has 0 amide bonds. The SMILES string of the molecule is CCCCCOc1cccc(CO)c1O. The topological polar surface area (TPSA) is 49.7 Å². The molecule has 3 heteroatoms. The Hall–Kier alpha value is -1.22. The molecule has 0 heterocycles. The number of unbranched alkanes of at least 4 members (excludes halogenated alkanes) is 2. The summed E-state index contributed by atoms with van der Waals surface area (Å²) in [6, 6.07) is 5.15. The van der Waals surface area contributed by atoms with Crippen molar-refractivity contribution in [1.82, 2.24) is 0 Å². The van der Waals surface area contributed by atoms with Crippen molar-refractivity contribution in [2.24, 2.45) is 0 Å². The van der Waals surface area contributed by atoms with Crippen molar-refractivity contribution < 1.29 is 14.9 Å². The summed E-state index contributed by atoms with van der Waals surface area (Å²) in [4.78, 5) is 0. The number of aromatic hydroxyl groups is 1. The third-order valence-electron chi connectivity index (χ3n) is 2.26. The van der Waals surface area contributed by atoms with E-state index in [1.807, 2.05) is 0 Å². The van der Waals surface area contributed by atoms with Crippen molar-refractivity contribution in [3.8, 4) is 11.5 Å². The lowest BCUT2D eigenvalue weighted by molar-refractivity contribution is 0.264. The molecule has 0 aliphatic heterocycles. The lowest BCUT2D eigenvalue weighted by atomic mass is 10.2. The number of hydrogen-bond donors (Lipinski definition) is 2. The van der Waals surface area contributed by atoms with Crippen LogP contribution in [0, 0.1) is 0 Å². The van der Waals surface area contributed by atoms with Crippen LogP contribution in [0.25, 0.3) is 0 Å². The quantitative estimate of drug-likeness (QED) is 0.709. The second-order valence-corrected chi connectivity index (χ2v) is 3.48. The lowest BCUT2D eigenvalue weighted by Crippen LogP contribution is -1.98. The summed E-state index contributed by atoms with van der Waals surface area (Å²) < 4.78 is 5.42. The highest BCUT2D eigenvalue weighted by atomic mass is 16.5. The van der Waals surface area contributed by atoms with E-state index >= 15 is 0 Å². The van der Waals surface area contributed by atoms with Gasteiger partial charge >= 0.3 is 0 Å². The van der Waals surface area contributed by atoms with E-state index in [4.69, 9.17) is 9.84 Å². The third kappa shape index (κ3) is 3.44. The number of phenols is 1. The largest absolute Gasteiger partial charge is 0.504 e. The summed E-state index contributed by atoms with van der Waals surface area (Å²) >= 11 is 0. The third-order valence-corrected chi connectivity index (χ3v) is 2.26. The molecule has 1 rings (SSSR count). The summed E-state index contributed by atoms with van der Waals surface area (Å²) in [7, 11) is 0. The Morgan fingerprint density at radius 3 is 2.73 bits per heavy atom. The van der Waals surface area contributed by atoms with E-state index in [0.717, 1.165) is 19.3 Å². The minimum atomic E-state index is -0.169. The number of para-hydroxylation sites is 1. The standard InChI is InChI=1S/C12H18O3/c1-2-3-4-8-15-11-7-5-6-10(9-13)12(11)14/h5-7,13-14H,2-4,8-9H2,1H3. The molecule has 2 N–H and O–H groups in total. The van der Waals surface area contributed by atoms with Gasteiger partial charge in [0.2, 0.25) is 0 Å². The van der Waals surface area contributed by atoms with Crippen LogP contribution in [0.5, 0.6) is 11.5 Å². The van der Waals surface area contributed by atoms with Gasteiger partial charge < -0.3 is 14.9 Å². The highest BCUT2D eigenvalue weighted by Crippen LogP contribution is 2.29. The highest BCUT2D eigenvalue weighted by molar-refractivity contribution is 5.44. The first-order valence-corrected chi connectivity index (χ1v) is 5.34. The molecule has 0 radical (unpaired) electrons. The van der Waals surface area contributed by atoms with Gasteiger partial charge in [-0.1, -0.05) is 31.9 Å². The minimum absolute atomic E-state index is 0.0523. The second kappa shape index (κ2) is 6.30. The van der Waals surface area contributed by atoms with Crippen LogP contribution in [0.4, 0.5) is 0 Å². The molecule has 3 nitrogen and oxygen atoms in total. The van der Waals surface area contributed by atoms with Gasteiger partial charge in [-0.3, -0.25) is 0 Å². The van der Waals surface area contributed by atoms with E-state index < -0.39 is 0 Å². The van der Waals surface area contributed by atoms with Gasteiger partial charge in [0.25, 0.3) is 0 Å². The van der Waals surface area contributed by atoms with E-state index in [1.54, 1.807) is 18.2 Å². The number of aliphatic hydroxyl groups is 1. The van der Waals surface area contributed by atoms with Crippen molar-refractivity contribution in [2.75, 3.05) is 6.61 Å². The van der Waals surface area contributed by atoms with Crippen molar-refractivity contribution in [3.05, 3.63) is 23.8 Å². The van der Waals surface area contributed by atoms with E-state index in [2.05, 4.69) is 6.92 Å². The summed E-state index contributed by atoms with van der Waals surface area (Å²) in [6.07, 6.45) is 3.26. The molecule has 0 unspecified atom stereocenters. The molecular formula is C12H18O3. The van der Waals surface area contributed by atoms with Crippen molar-refractivity contribution in [2.45, 2.75) is 32.8 Å². The highest BCUT2D eigenvalue weighted by Gasteiger charge is 2.06. The molecule has 0 atom stereocenters. The molecule has 0 saturated heterocycles.